The van der Waals surface area contributed by atoms with E-state index >= 15 is 0 Å². The van der Waals surface area contributed by atoms with E-state index < -0.39 is 32.8 Å². The average molecular weight is 598 g/mol. The largest absolute Gasteiger partial charge is 0.494 e. The highest BCUT2D eigenvalue weighted by Crippen LogP contribution is 2.37. The van der Waals surface area contributed by atoms with Gasteiger partial charge in [0, 0.05) is 31.0 Å². The van der Waals surface area contributed by atoms with E-state index in [9.17, 15) is 12.8 Å². The first-order valence-electron chi connectivity index (χ1n) is 13.4. The first-order valence-corrected chi connectivity index (χ1v) is 15.1. The standard InChI is InChI=1S/C28H32FN7O5S/c1-18(2)41-21-11-22(16-35(15-21)28-31-13-20(29)14-32-28)42(37,38)17-25-33-34-27(19-7-6-10-30-12-19)36(25)26-23(39-3)8-5-9-24(26)40-4/h5-10,12-14,18,21-22H,11,15-17H2,1-4H3/t21-,22+/m0/s1. The van der Waals surface area contributed by atoms with E-state index in [0.29, 0.717) is 35.1 Å². The molecule has 14 heteroatoms. The number of anilines is 1. The number of aromatic nitrogens is 6. The molecule has 1 saturated heterocycles. The van der Waals surface area contributed by atoms with E-state index in [0.717, 1.165) is 12.4 Å². The van der Waals surface area contributed by atoms with E-state index in [4.69, 9.17) is 14.2 Å². The van der Waals surface area contributed by atoms with Gasteiger partial charge in [-0.15, -0.1) is 10.2 Å². The number of rotatable bonds is 10. The Morgan fingerprint density at radius 2 is 1.71 bits per heavy atom. The molecule has 0 aliphatic carbocycles. The summed E-state index contributed by atoms with van der Waals surface area (Å²) in [5.41, 5.74) is 1.09. The van der Waals surface area contributed by atoms with Gasteiger partial charge in [0.2, 0.25) is 5.95 Å². The smallest absolute Gasteiger partial charge is 0.225 e. The topological polar surface area (TPSA) is 134 Å². The van der Waals surface area contributed by atoms with Crippen molar-refractivity contribution in [3.63, 3.8) is 0 Å². The fourth-order valence-corrected chi connectivity index (χ4v) is 6.76. The summed E-state index contributed by atoms with van der Waals surface area (Å²) < 4.78 is 60.7. The second-order valence-corrected chi connectivity index (χ2v) is 12.4. The first-order chi connectivity index (χ1) is 20.2. The normalized spacial score (nSPS) is 17.4. The van der Waals surface area contributed by atoms with Crippen LogP contribution in [-0.4, -0.2) is 82.9 Å². The van der Waals surface area contributed by atoms with Crippen molar-refractivity contribution in [3.8, 4) is 28.6 Å². The number of piperidine rings is 1. The molecule has 0 amide bonds. The van der Waals surface area contributed by atoms with E-state index in [1.165, 1.54) is 14.2 Å². The van der Waals surface area contributed by atoms with Crippen LogP contribution in [0.4, 0.5) is 10.3 Å². The number of benzene rings is 1. The van der Waals surface area contributed by atoms with Crippen molar-refractivity contribution in [2.45, 2.75) is 43.5 Å². The molecule has 222 valence electrons. The summed E-state index contributed by atoms with van der Waals surface area (Å²) >= 11 is 0. The van der Waals surface area contributed by atoms with Crippen LogP contribution in [0.2, 0.25) is 0 Å². The maximum atomic E-state index is 14.1. The summed E-state index contributed by atoms with van der Waals surface area (Å²) in [6.45, 7) is 4.25. The van der Waals surface area contributed by atoms with Gasteiger partial charge >= 0.3 is 0 Å². The fourth-order valence-electron chi connectivity index (χ4n) is 5.06. The molecular formula is C28H32FN7O5S. The minimum atomic E-state index is -3.86. The highest BCUT2D eigenvalue weighted by molar-refractivity contribution is 7.91. The summed E-state index contributed by atoms with van der Waals surface area (Å²) in [4.78, 5) is 14.1. The molecule has 0 N–H and O–H groups in total. The van der Waals surface area contributed by atoms with Crippen LogP contribution in [0.5, 0.6) is 11.5 Å². The van der Waals surface area contributed by atoms with E-state index in [-0.39, 0.29) is 30.8 Å². The summed E-state index contributed by atoms with van der Waals surface area (Å²) in [6.07, 6.45) is 5.09. The lowest BCUT2D eigenvalue weighted by Crippen LogP contribution is -2.51. The van der Waals surface area contributed by atoms with E-state index in [2.05, 4.69) is 25.1 Å². The summed E-state index contributed by atoms with van der Waals surface area (Å²) in [5, 5.41) is 7.86. The van der Waals surface area contributed by atoms with Crippen molar-refractivity contribution in [2.75, 3.05) is 32.2 Å². The summed E-state index contributed by atoms with van der Waals surface area (Å²) in [5.74, 6) is 0.662. The molecule has 3 aromatic heterocycles. The Kier molecular flexibility index (Phi) is 8.64. The van der Waals surface area contributed by atoms with Gasteiger partial charge in [-0.2, -0.15) is 0 Å². The molecule has 0 saturated carbocycles. The number of sulfone groups is 1. The highest BCUT2D eigenvalue weighted by Gasteiger charge is 2.38. The molecule has 4 heterocycles. The summed E-state index contributed by atoms with van der Waals surface area (Å²) in [7, 11) is -0.825. The van der Waals surface area contributed by atoms with Crippen LogP contribution in [0.15, 0.2) is 55.1 Å². The van der Waals surface area contributed by atoms with E-state index in [1.54, 1.807) is 46.1 Å². The molecule has 0 spiro atoms. The number of halogens is 1. The summed E-state index contributed by atoms with van der Waals surface area (Å²) in [6, 6.07) is 8.84. The van der Waals surface area contributed by atoms with Crippen LogP contribution in [0.25, 0.3) is 17.1 Å². The molecule has 12 nitrogen and oxygen atoms in total. The minimum Gasteiger partial charge on any atom is -0.494 e. The Morgan fingerprint density at radius 1 is 1.00 bits per heavy atom. The van der Waals surface area contributed by atoms with Gasteiger partial charge in [-0.05, 0) is 44.5 Å². The molecule has 2 atom stereocenters. The third-order valence-corrected chi connectivity index (χ3v) is 8.86. The first kappa shape index (κ1) is 29.3. The second kappa shape index (κ2) is 12.4. The Balaban J connectivity index is 1.56. The van der Waals surface area contributed by atoms with Crippen molar-refractivity contribution in [1.29, 1.82) is 0 Å². The fraction of sp³-hybridized carbons (Fsp3) is 0.393. The van der Waals surface area contributed by atoms with Gasteiger partial charge in [0.05, 0.1) is 44.1 Å². The predicted octanol–water partition coefficient (Wildman–Crippen LogP) is 3.26. The Bertz CT molecular complexity index is 1600. The van der Waals surface area contributed by atoms with Crippen molar-refractivity contribution < 1.29 is 27.0 Å². The predicted molar refractivity (Wildman–Crippen MR) is 153 cm³/mol. The zero-order valence-electron chi connectivity index (χ0n) is 23.7. The van der Waals surface area contributed by atoms with Crippen LogP contribution in [-0.2, 0) is 20.3 Å². The number of ether oxygens (including phenoxy) is 3. The lowest BCUT2D eigenvalue weighted by molar-refractivity contribution is 0.00143. The Morgan fingerprint density at radius 3 is 2.33 bits per heavy atom. The van der Waals surface area contributed by atoms with Crippen LogP contribution in [0, 0.1) is 5.82 Å². The SMILES string of the molecule is COc1cccc(OC)c1-n1c(CS(=O)(=O)[C@@H]2C[C@H](OC(C)C)CN(c3ncc(F)cn3)C2)nnc1-c1cccnc1. The third-order valence-electron chi connectivity index (χ3n) is 6.84. The highest BCUT2D eigenvalue weighted by atomic mass is 32.2. The number of pyridine rings is 1. The van der Waals surface area contributed by atoms with Gasteiger partial charge in [0.15, 0.2) is 27.3 Å². The van der Waals surface area contributed by atoms with Crippen LogP contribution in [0.3, 0.4) is 0 Å². The molecule has 0 radical (unpaired) electrons. The Hall–Kier alpha value is -4.17. The monoisotopic (exact) mass is 597 g/mol. The van der Waals surface area contributed by atoms with Crippen LogP contribution >= 0.6 is 0 Å². The van der Waals surface area contributed by atoms with Gasteiger partial charge in [-0.25, -0.2) is 22.8 Å². The third kappa shape index (κ3) is 6.19. The molecule has 1 aliphatic heterocycles. The van der Waals surface area contributed by atoms with Crippen LogP contribution < -0.4 is 14.4 Å². The zero-order valence-corrected chi connectivity index (χ0v) is 24.5. The van der Waals surface area contributed by atoms with Crippen molar-refractivity contribution in [1.82, 2.24) is 29.7 Å². The quantitative estimate of drug-likeness (QED) is 0.267. The molecule has 42 heavy (non-hydrogen) atoms. The molecule has 5 rings (SSSR count). The van der Waals surface area contributed by atoms with E-state index in [1.807, 2.05) is 19.9 Å². The molecule has 1 aromatic carbocycles. The number of nitrogens with zero attached hydrogens (tertiary/aromatic N) is 7. The van der Waals surface area contributed by atoms with Gasteiger partial charge in [0.25, 0.3) is 0 Å². The van der Waals surface area contributed by atoms with Gasteiger partial charge in [-0.3, -0.25) is 9.55 Å². The van der Waals surface area contributed by atoms with Crippen LogP contribution in [0.1, 0.15) is 26.1 Å². The molecule has 0 bridgehead atoms. The lowest BCUT2D eigenvalue weighted by Gasteiger charge is -2.38. The number of methoxy groups -OCH3 is 2. The van der Waals surface area contributed by atoms with Crippen molar-refractivity contribution in [2.24, 2.45) is 0 Å². The maximum absolute atomic E-state index is 14.1. The Labute approximate surface area is 243 Å². The molecular weight excluding hydrogens is 565 g/mol. The number of hydrogen-bond donors (Lipinski definition) is 0. The zero-order chi connectivity index (χ0) is 29.9. The average Bonchev–Trinajstić information content (AvgIpc) is 3.39. The maximum Gasteiger partial charge on any atom is 0.225 e. The van der Waals surface area contributed by atoms with Gasteiger partial charge < -0.3 is 19.1 Å². The number of para-hydroxylation sites is 1. The molecule has 4 aromatic rings. The number of hydrogen-bond acceptors (Lipinski definition) is 11. The van der Waals surface area contributed by atoms with Crippen molar-refractivity contribution in [3.05, 3.63) is 66.8 Å². The minimum absolute atomic E-state index is 0.105. The molecule has 1 fully saturated rings. The van der Waals surface area contributed by atoms with Crippen molar-refractivity contribution >= 4 is 15.8 Å². The molecule has 0 unspecified atom stereocenters. The lowest BCUT2D eigenvalue weighted by atomic mass is 10.1. The second-order valence-electron chi connectivity index (χ2n) is 10.1. The molecule has 1 aliphatic rings. The van der Waals surface area contributed by atoms with Gasteiger partial charge in [-0.1, -0.05) is 6.07 Å². The van der Waals surface area contributed by atoms with Gasteiger partial charge in [0.1, 0.15) is 22.9 Å².